The molecule has 0 radical (unpaired) electrons. The summed E-state index contributed by atoms with van der Waals surface area (Å²) in [6, 6.07) is 6.02. The Labute approximate surface area is 108 Å². The third kappa shape index (κ3) is 3.74. The number of hydrogen-bond acceptors (Lipinski definition) is 2. The van der Waals surface area contributed by atoms with Gasteiger partial charge in [-0.15, -0.1) is 0 Å². The number of benzene rings is 1. The fraction of sp³-hybridized carbons (Fsp3) is 0.500. The fourth-order valence-electron chi connectivity index (χ4n) is 2.02. The summed E-state index contributed by atoms with van der Waals surface area (Å²) in [5.41, 5.74) is 2.23. The van der Waals surface area contributed by atoms with E-state index in [-0.39, 0.29) is 11.2 Å². The summed E-state index contributed by atoms with van der Waals surface area (Å²) in [7, 11) is 1.65. The number of ether oxygens (including phenoxy) is 1. The van der Waals surface area contributed by atoms with Crippen LogP contribution in [0.25, 0.3) is 0 Å². The second kappa shape index (κ2) is 6.06. The van der Waals surface area contributed by atoms with E-state index in [1.54, 1.807) is 7.11 Å². The molecule has 1 aromatic rings. The molecule has 0 saturated heterocycles. The van der Waals surface area contributed by atoms with Crippen LogP contribution >= 0.6 is 11.6 Å². The molecule has 1 aromatic carbocycles. The number of rotatable bonds is 5. The molecule has 0 saturated carbocycles. The lowest BCUT2D eigenvalue weighted by molar-refractivity contribution is -0.112. The molecular weight excluding hydrogens is 236 g/mol. The molecule has 0 aromatic heterocycles. The van der Waals surface area contributed by atoms with E-state index in [9.17, 15) is 4.79 Å². The molecule has 0 spiro atoms. The predicted octanol–water partition coefficient (Wildman–Crippen LogP) is 3.90. The summed E-state index contributed by atoms with van der Waals surface area (Å²) < 4.78 is 5.36. The van der Waals surface area contributed by atoms with Crippen LogP contribution in [0, 0.1) is 12.8 Å². The molecule has 0 bridgehead atoms. The van der Waals surface area contributed by atoms with Crippen molar-refractivity contribution in [2.75, 3.05) is 7.11 Å². The SMILES string of the molecule is COc1ccc(C)cc1C(CC(=O)Cl)C(C)C. The zero-order valence-electron chi connectivity index (χ0n) is 10.8. The highest BCUT2D eigenvalue weighted by Gasteiger charge is 2.22. The molecule has 1 atom stereocenters. The van der Waals surface area contributed by atoms with Crippen LogP contribution in [0.1, 0.15) is 37.3 Å². The standard InChI is InChI=1S/C14H19ClO2/c1-9(2)11(8-14(15)16)12-7-10(3)5-6-13(12)17-4/h5-7,9,11H,8H2,1-4H3. The topological polar surface area (TPSA) is 26.3 Å². The van der Waals surface area contributed by atoms with Gasteiger partial charge in [0.15, 0.2) is 0 Å². The fourth-order valence-corrected chi connectivity index (χ4v) is 2.19. The largest absolute Gasteiger partial charge is 0.496 e. The van der Waals surface area contributed by atoms with Crippen molar-refractivity contribution in [2.24, 2.45) is 5.92 Å². The maximum absolute atomic E-state index is 11.1. The van der Waals surface area contributed by atoms with Crippen molar-refractivity contribution in [3.8, 4) is 5.75 Å². The Morgan fingerprint density at radius 1 is 1.41 bits per heavy atom. The Morgan fingerprint density at radius 2 is 2.06 bits per heavy atom. The van der Waals surface area contributed by atoms with Crippen molar-refractivity contribution in [3.63, 3.8) is 0 Å². The minimum absolute atomic E-state index is 0.106. The molecule has 0 aliphatic rings. The van der Waals surface area contributed by atoms with Gasteiger partial charge in [-0.05, 0) is 42.0 Å². The van der Waals surface area contributed by atoms with Crippen LogP contribution in [0.3, 0.4) is 0 Å². The maximum Gasteiger partial charge on any atom is 0.222 e. The van der Waals surface area contributed by atoms with Gasteiger partial charge in [0.25, 0.3) is 0 Å². The summed E-state index contributed by atoms with van der Waals surface area (Å²) in [6.45, 7) is 6.21. The third-order valence-corrected chi connectivity index (χ3v) is 3.12. The van der Waals surface area contributed by atoms with Crippen molar-refractivity contribution in [3.05, 3.63) is 29.3 Å². The van der Waals surface area contributed by atoms with Crippen LogP contribution in [0.2, 0.25) is 0 Å². The molecule has 2 nitrogen and oxygen atoms in total. The van der Waals surface area contributed by atoms with Gasteiger partial charge >= 0.3 is 0 Å². The molecule has 0 aliphatic carbocycles. The number of halogens is 1. The molecule has 3 heteroatoms. The lowest BCUT2D eigenvalue weighted by Crippen LogP contribution is -2.11. The average Bonchev–Trinajstić information content (AvgIpc) is 2.25. The monoisotopic (exact) mass is 254 g/mol. The van der Waals surface area contributed by atoms with Gasteiger partial charge in [-0.1, -0.05) is 31.5 Å². The Bertz CT molecular complexity index is 399. The van der Waals surface area contributed by atoms with Crippen LogP contribution in [-0.4, -0.2) is 12.4 Å². The molecule has 17 heavy (non-hydrogen) atoms. The maximum atomic E-state index is 11.1. The van der Waals surface area contributed by atoms with Gasteiger partial charge in [0.2, 0.25) is 5.24 Å². The van der Waals surface area contributed by atoms with E-state index in [1.807, 2.05) is 19.1 Å². The minimum atomic E-state index is -0.299. The van der Waals surface area contributed by atoms with Crippen molar-refractivity contribution in [1.82, 2.24) is 0 Å². The molecule has 0 amide bonds. The summed E-state index contributed by atoms with van der Waals surface area (Å²) in [5, 5.41) is -0.299. The first-order valence-electron chi connectivity index (χ1n) is 5.78. The summed E-state index contributed by atoms with van der Waals surface area (Å²) in [4.78, 5) is 11.1. The number of carbonyl (C=O) groups excluding carboxylic acids is 1. The van der Waals surface area contributed by atoms with Gasteiger partial charge in [-0.25, -0.2) is 0 Å². The van der Waals surface area contributed by atoms with Crippen molar-refractivity contribution in [2.45, 2.75) is 33.1 Å². The van der Waals surface area contributed by atoms with E-state index >= 15 is 0 Å². The summed E-state index contributed by atoms with van der Waals surface area (Å²) >= 11 is 5.52. The van der Waals surface area contributed by atoms with E-state index in [0.717, 1.165) is 16.9 Å². The van der Waals surface area contributed by atoms with Crippen LogP contribution in [0.4, 0.5) is 0 Å². The second-order valence-corrected chi connectivity index (χ2v) is 5.08. The normalized spacial score (nSPS) is 12.6. The van der Waals surface area contributed by atoms with Crippen molar-refractivity contribution < 1.29 is 9.53 Å². The predicted molar refractivity (Wildman–Crippen MR) is 70.8 cm³/mol. The molecular formula is C14H19ClO2. The minimum Gasteiger partial charge on any atom is -0.496 e. The van der Waals surface area contributed by atoms with Crippen LogP contribution in [0.5, 0.6) is 5.75 Å². The first kappa shape index (κ1) is 14.0. The van der Waals surface area contributed by atoms with Gasteiger partial charge in [-0.2, -0.15) is 0 Å². The number of hydrogen-bond donors (Lipinski definition) is 0. The Balaban J connectivity index is 3.16. The summed E-state index contributed by atoms with van der Waals surface area (Å²) in [5.74, 6) is 1.27. The zero-order valence-corrected chi connectivity index (χ0v) is 11.5. The molecule has 0 N–H and O–H groups in total. The van der Waals surface area contributed by atoms with Crippen molar-refractivity contribution >= 4 is 16.8 Å². The highest BCUT2D eigenvalue weighted by atomic mass is 35.5. The van der Waals surface area contributed by atoms with Gasteiger partial charge in [-0.3, -0.25) is 4.79 Å². The Hall–Kier alpha value is -1.02. The van der Waals surface area contributed by atoms with E-state index in [0.29, 0.717) is 12.3 Å². The van der Waals surface area contributed by atoms with E-state index in [1.165, 1.54) is 0 Å². The molecule has 94 valence electrons. The molecule has 1 rings (SSSR count). The zero-order chi connectivity index (χ0) is 13.0. The van der Waals surface area contributed by atoms with E-state index in [2.05, 4.69) is 19.9 Å². The quantitative estimate of drug-likeness (QED) is 0.745. The Kier molecular flexibility index (Phi) is 5.01. The van der Waals surface area contributed by atoms with Crippen LogP contribution in [0.15, 0.2) is 18.2 Å². The summed E-state index contributed by atoms with van der Waals surface area (Å²) in [6.07, 6.45) is 0.346. The average molecular weight is 255 g/mol. The lowest BCUT2D eigenvalue weighted by Gasteiger charge is -2.22. The van der Waals surface area contributed by atoms with Crippen molar-refractivity contribution in [1.29, 1.82) is 0 Å². The van der Waals surface area contributed by atoms with Crippen LogP contribution in [-0.2, 0) is 4.79 Å². The van der Waals surface area contributed by atoms with Gasteiger partial charge in [0, 0.05) is 6.42 Å². The lowest BCUT2D eigenvalue weighted by atomic mass is 9.85. The molecule has 1 unspecified atom stereocenters. The van der Waals surface area contributed by atoms with Gasteiger partial charge in [0.05, 0.1) is 7.11 Å². The highest BCUT2D eigenvalue weighted by molar-refractivity contribution is 6.63. The van der Waals surface area contributed by atoms with E-state index < -0.39 is 0 Å². The second-order valence-electron chi connectivity index (χ2n) is 4.66. The number of methoxy groups -OCH3 is 1. The smallest absolute Gasteiger partial charge is 0.222 e. The highest BCUT2D eigenvalue weighted by Crippen LogP contribution is 2.35. The van der Waals surface area contributed by atoms with Gasteiger partial charge < -0.3 is 4.74 Å². The molecule has 0 fully saturated rings. The number of carbonyl (C=O) groups is 1. The first-order chi connectivity index (χ1) is 7.95. The van der Waals surface area contributed by atoms with Crippen LogP contribution < -0.4 is 4.74 Å². The van der Waals surface area contributed by atoms with Gasteiger partial charge in [0.1, 0.15) is 5.75 Å². The molecule has 0 aliphatic heterocycles. The number of aryl methyl sites for hydroxylation is 1. The Morgan fingerprint density at radius 3 is 2.53 bits per heavy atom. The first-order valence-corrected chi connectivity index (χ1v) is 6.16. The molecule has 0 heterocycles. The van der Waals surface area contributed by atoms with E-state index in [4.69, 9.17) is 16.3 Å². The third-order valence-electron chi connectivity index (χ3n) is 2.97.